The van der Waals surface area contributed by atoms with Gasteiger partial charge in [-0.25, -0.2) is 9.37 Å². The van der Waals surface area contributed by atoms with Crippen molar-refractivity contribution < 1.29 is 23.1 Å². The highest BCUT2D eigenvalue weighted by Crippen LogP contribution is 2.26. The molecule has 0 saturated carbocycles. The molecule has 1 N–H and O–H groups in total. The van der Waals surface area contributed by atoms with Gasteiger partial charge in [0, 0.05) is 25.2 Å². The van der Waals surface area contributed by atoms with E-state index < -0.39 is 0 Å². The summed E-state index contributed by atoms with van der Waals surface area (Å²) in [5, 5.41) is 2.78. The third-order valence-corrected chi connectivity index (χ3v) is 5.64. The summed E-state index contributed by atoms with van der Waals surface area (Å²) in [5.74, 6) is 1.22. The molecule has 0 aliphatic carbocycles. The number of rotatable bonds is 11. The van der Waals surface area contributed by atoms with E-state index in [9.17, 15) is 9.18 Å². The number of carbonyl (C=O) groups is 1. The lowest BCUT2D eigenvalue weighted by atomic mass is 10.1. The van der Waals surface area contributed by atoms with E-state index in [2.05, 4.69) is 27.3 Å². The highest BCUT2D eigenvalue weighted by Gasteiger charge is 2.17. The van der Waals surface area contributed by atoms with Gasteiger partial charge in [-0.1, -0.05) is 42.5 Å². The van der Waals surface area contributed by atoms with Crippen molar-refractivity contribution in [3.63, 3.8) is 0 Å². The fourth-order valence-electron chi connectivity index (χ4n) is 3.81. The smallest absolute Gasteiger partial charge is 0.273 e. The van der Waals surface area contributed by atoms with Crippen molar-refractivity contribution in [2.75, 3.05) is 14.2 Å². The summed E-state index contributed by atoms with van der Waals surface area (Å²) in [4.78, 5) is 19.1. The number of nitrogens with zero attached hydrogens (tertiary/aromatic N) is 2. The first-order chi connectivity index (χ1) is 17.5. The third kappa shape index (κ3) is 6.70. The Morgan fingerprint density at radius 2 is 1.72 bits per heavy atom. The summed E-state index contributed by atoms with van der Waals surface area (Å²) < 4.78 is 29.7. The van der Waals surface area contributed by atoms with Gasteiger partial charge in [0.15, 0.2) is 5.69 Å². The van der Waals surface area contributed by atoms with E-state index in [1.165, 1.54) is 18.4 Å². The number of aromatic nitrogens is 1. The largest absolute Gasteiger partial charge is 0.497 e. The van der Waals surface area contributed by atoms with Crippen LogP contribution >= 0.6 is 0 Å². The molecule has 1 heterocycles. The zero-order chi connectivity index (χ0) is 25.3. The Bertz CT molecular complexity index is 1280. The lowest BCUT2D eigenvalue weighted by molar-refractivity contribution is 0.0945. The predicted octanol–water partition coefficient (Wildman–Crippen LogP) is 4.96. The maximum absolute atomic E-state index is 13.1. The van der Waals surface area contributed by atoms with Gasteiger partial charge in [0.2, 0.25) is 5.89 Å². The number of halogens is 1. The minimum atomic E-state index is -0.363. The van der Waals surface area contributed by atoms with Gasteiger partial charge in [-0.2, -0.15) is 0 Å². The second kappa shape index (κ2) is 12.0. The zero-order valence-electron chi connectivity index (χ0n) is 20.2. The van der Waals surface area contributed by atoms with Gasteiger partial charge in [0.05, 0.1) is 20.8 Å². The molecule has 8 heteroatoms. The predicted molar refractivity (Wildman–Crippen MR) is 133 cm³/mol. The number of amides is 1. The Labute approximate surface area is 209 Å². The van der Waals surface area contributed by atoms with E-state index in [0.29, 0.717) is 25.5 Å². The highest BCUT2D eigenvalue weighted by atomic mass is 19.1. The molecule has 36 heavy (non-hydrogen) atoms. The maximum Gasteiger partial charge on any atom is 0.273 e. The Kier molecular flexibility index (Phi) is 8.31. The number of nitrogens with one attached hydrogen (secondary N) is 1. The van der Waals surface area contributed by atoms with Crippen LogP contribution in [0.25, 0.3) is 0 Å². The Morgan fingerprint density at radius 3 is 2.44 bits per heavy atom. The van der Waals surface area contributed by atoms with E-state index in [0.717, 1.165) is 28.2 Å². The van der Waals surface area contributed by atoms with Crippen molar-refractivity contribution in [2.24, 2.45) is 0 Å². The fourth-order valence-corrected chi connectivity index (χ4v) is 3.81. The lowest BCUT2D eigenvalue weighted by Crippen LogP contribution is -2.24. The van der Waals surface area contributed by atoms with Crippen LogP contribution in [0.15, 0.2) is 83.5 Å². The molecule has 1 amide bonds. The first-order valence-electron chi connectivity index (χ1n) is 11.5. The van der Waals surface area contributed by atoms with Crippen molar-refractivity contribution in [1.29, 1.82) is 0 Å². The molecule has 7 nitrogen and oxygen atoms in total. The summed E-state index contributed by atoms with van der Waals surface area (Å²) in [6.45, 7) is 1.82. The molecule has 4 rings (SSSR count). The van der Waals surface area contributed by atoms with Crippen molar-refractivity contribution in [2.45, 2.75) is 26.2 Å². The van der Waals surface area contributed by atoms with Gasteiger partial charge in [0.1, 0.15) is 23.6 Å². The summed E-state index contributed by atoms with van der Waals surface area (Å²) in [6, 6.07) is 21.7. The van der Waals surface area contributed by atoms with E-state index in [-0.39, 0.29) is 24.0 Å². The number of methoxy groups -OCH3 is 2. The molecular formula is C28H28FN3O4. The van der Waals surface area contributed by atoms with Crippen LogP contribution in [0.3, 0.4) is 0 Å². The maximum atomic E-state index is 13.1. The lowest BCUT2D eigenvalue weighted by Gasteiger charge is -2.22. The number of hydrogen-bond donors (Lipinski definition) is 1. The van der Waals surface area contributed by atoms with Crippen LogP contribution in [0.1, 0.15) is 33.1 Å². The van der Waals surface area contributed by atoms with Gasteiger partial charge in [-0.05, 0) is 41.5 Å². The zero-order valence-corrected chi connectivity index (χ0v) is 20.2. The Morgan fingerprint density at radius 1 is 0.944 bits per heavy atom. The first-order valence-corrected chi connectivity index (χ1v) is 11.5. The van der Waals surface area contributed by atoms with Crippen molar-refractivity contribution >= 4 is 5.91 Å². The second-order valence-corrected chi connectivity index (χ2v) is 8.24. The number of benzene rings is 3. The monoisotopic (exact) mass is 489 g/mol. The molecule has 0 aliphatic heterocycles. The molecule has 1 aromatic heterocycles. The summed E-state index contributed by atoms with van der Waals surface area (Å²) in [6.07, 6.45) is 1.35. The van der Waals surface area contributed by atoms with Gasteiger partial charge < -0.3 is 19.2 Å². The van der Waals surface area contributed by atoms with Crippen molar-refractivity contribution in [1.82, 2.24) is 15.2 Å². The van der Waals surface area contributed by atoms with E-state index in [1.807, 2.05) is 36.4 Å². The quantitative estimate of drug-likeness (QED) is 0.321. The highest BCUT2D eigenvalue weighted by molar-refractivity contribution is 5.91. The molecule has 0 atom stereocenters. The van der Waals surface area contributed by atoms with Crippen molar-refractivity contribution in [3.05, 3.63) is 113 Å². The SMILES string of the molecule is COc1ccc(OC)c(CN(Cc2ccccc2)Cc2nc(C(=O)NCc3ccc(F)cc3)co2)c1. The molecular weight excluding hydrogens is 461 g/mol. The molecule has 0 bridgehead atoms. The first kappa shape index (κ1) is 24.9. The second-order valence-electron chi connectivity index (χ2n) is 8.24. The van der Waals surface area contributed by atoms with Crippen LogP contribution in [-0.4, -0.2) is 30.0 Å². The standard InChI is InChI=1S/C28H28FN3O4/c1-34-24-12-13-26(35-2)22(14-24)17-32(16-21-6-4-3-5-7-21)18-27-31-25(19-36-27)28(33)30-15-20-8-10-23(29)11-9-20/h3-14,19H,15-18H2,1-2H3,(H,30,33). The van der Waals surface area contributed by atoms with Gasteiger partial charge in [0.25, 0.3) is 5.91 Å². The van der Waals surface area contributed by atoms with E-state index in [4.69, 9.17) is 13.9 Å². The molecule has 3 aromatic carbocycles. The van der Waals surface area contributed by atoms with Crippen molar-refractivity contribution in [3.8, 4) is 11.5 Å². The fraction of sp³-hybridized carbons (Fsp3) is 0.214. The average molecular weight is 490 g/mol. The Hall–Kier alpha value is -4.17. The average Bonchev–Trinajstić information content (AvgIpc) is 3.37. The van der Waals surface area contributed by atoms with Crippen LogP contribution in [0.2, 0.25) is 0 Å². The number of carbonyl (C=O) groups excluding carboxylic acids is 1. The molecule has 0 saturated heterocycles. The third-order valence-electron chi connectivity index (χ3n) is 5.64. The van der Waals surface area contributed by atoms with Crippen LogP contribution in [0.5, 0.6) is 11.5 Å². The van der Waals surface area contributed by atoms with Crippen LogP contribution in [0, 0.1) is 5.82 Å². The topological polar surface area (TPSA) is 76.8 Å². The molecule has 0 radical (unpaired) electrons. The summed E-state index contributed by atoms with van der Waals surface area (Å²) in [5.41, 5.74) is 3.06. The number of oxazole rings is 1. The number of ether oxygens (including phenoxy) is 2. The normalized spacial score (nSPS) is 10.9. The van der Waals surface area contributed by atoms with Gasteiger partial charge >= 0.3 is 0 Å². The molecule has 4 aromatic rings. The molecule has 186 valence electrons. The van der Waals surface area contributed by atoms with E-state index in [1.54, 1.807) is 26.4 Å². The van der Waals surface area contributed by atoms with Crippen LogP contribution < -0.4 is 14.8 Å². The molecule has 0 fully saturated rings. The van der Waals surface area contributed by atoms with Gasteiger partial charge in [-0.15, -0.1) is 0 Å². The van der Waals surface area contributed by atoms with Gasteiger partial charge in [-0.3, -0.25) is 9.69 Å². The van der Waals surface area contributed by atoms with E-state index >= 15 is 0 Å². The van der Waals surface area contributed by atoms with Crippen LogP contribution in [-0.2, 0) is 26.2 Å². The summed E-state index contributed by atoms with van der Waals surface area (Å²) >= 11 is 0. The summed E-state index contributed by atoms with van der Waals surface area (Å²) in [7, 11) is 3.26. The number of hydrogen-bond acceptors (Lipinski definition) is 6. The van der Waals surface area contributed by atoms with Crippen LogP contribution in [0.4, 0.5) is 4.39 Å². The minimum Gasteiger partial charge on any atom is -0.497 e. The molecule has 0 spiro atoms. The molecule has 0 aliphatic rings. The Balaban J connectivity index is 1.47. The minimum absolute atomic E-state index is 0.186. The molecule has 0 unspecified atom stereocenters.